The van der Waals surface area contributed by atoms with Gasteiger partial charge in [-0.25, -0.2) is 9.59 Å². The molecule has 0 aliphatic heterocycles. The molecule has 89 heavy (non-hydrogen) atoms. The molecule has 0 spiro atoms. The number of hydrogen-bond donors (Lipinski definition) is 15. The van der Waals surface area contributed by atoms with Crippen LogP contribution in [0.3, 0.4) is 0 Å². The minimum atomic E-state index is -5.33. The van der Waals surface area contributed by atoms with Crippen molar-refractivity contribution in [2.24, 2.45) is 0 Å². The SMILES string of the molecule is O=C(O)CNC(=O)[C@H](CS)NC(=O)CC[C@H](Nc1c([N+](=O)[O-])cc(S(=O)(=O)O)cc1[N+](=O)[O-])C(=O)O.O=C(O)CNC(=O)[C@H](CS)NC(=O)CC[C@H](Nc1c([N+](=O)[O-])cc([N+](=O)[O-])cc1S(=O)(=O)O)C(=O)O.O=[N+]([O-])c1cc([N+](=O)[O-])c(Cl)c(S(=O)(=O)O)c1. The minimum absolute atomic E-state index is 0.254. The lowest BCUT2D eigenvalue weighted by atomic mass is 10.1. The Balaban J connectivity index is 0.000000710. The molecule has 0 unspecified atom stereocenters. The van der Waals surface area contributed by atoms with Crippen LogP contribution in [-0.2, 0) is 68.7 Å². The van der Waals surface area contributed by atoms with Crippen molar-refractivity contribution in [3.63, 3.8) is 0 Å². The number of thiol groups is 2. The lowest BCUT2D eigenvalue weighted by molar-refractivity contribution is -0.394. The van der Waals surface area contributed by atoms with Gasteiger partial charge in [0.05, 0.1) is 41.7 Å². The van der Waals surface area contributed by atoms with E-state index in [0.29, 0.717) is 18.2 Å². The standard InChI is InChI=1S/2C16H19N5O13S2.C6H3ClN2O7S/c22-12(18-9(6-35)15(25)17-5-13(23)24)2-1-8(16(26)27)19-14-10(20(28)29)3-7(36(32,33)34)4-11(14)21(30)31;22-12(18-9(6-35)15(25)17-5-13(23)24)2-1-8(16(26)27)19-14-10(21(30)31)3-7(20(28)29)4-11(14)36(32,33)34;7-6-4(9(12)13)1-3(8(10)11)2-5(6)17(14,15)16/h2*3-4,8-9,19,35H,1-2,5-6H2,(H,17,25)(H,18,22)(H,23,24)(H,26,27)(H,32,33,34);1-2H,(H,14,15,16)/t2*8-,9-;/m00./s1. The quantitative estimate of drug-likeness (QED) is 0.0166. The van der Waals surface area contributed by atoms with Crippen LogP contribution in [0.4, 0.5) is 45.5 Å². The Morgan fingerprint density at radius 1 is 0.472 bits per heavy atom. The molecule has 13 N–H and O–H groups in total. The van der Waals surface area contributed by atoms with Crippen LogP contribution in [0.15, 0.2) is 51.1 Å². The van der Waals surface area contributed by atoms with E-state index in [1.165, 1.54) is 0 Å². The fourth-order valence-electron chi connectivity index (χ4n) is 6.26. The number of hydrogen-bond acceptors (Lipinski definition) is 30. The predicted octanol–water partition coefficient (Wildman–Crippen LogP) is -0.576. The van der Waals surface area contributed by atoms with Gasteiger partial charge in [0.25, 0.3) is 47.4 Å². The first kappa shape index (κ1) is 77.2. The average Bonchev–Trinajstić information content (AvgIpc) is 0.844. The molecule has 3 rings (SSSR count). The van der Waals surface area contributed by atoms with Crippen LogP contribution < -0.4 is 31.9 Å². The highest BCUT2D eigenvalue weighted by molar-refractivity contribution is 7.86. The van der Waals surface area contributed by atoms with Crippen LogP contribution in [0, 0.1) is 60.7 Å². The number of anilines is 2. The number of amides is 4. The van der Waals surface area contributed by atoms with Crippen LogP contribution in [0.5, 0.6) is 0 Å². The molecule has 0 saturated carbocycles. The Morgan fingerprint density at radius 3 is 1.09 bits per heavy atom. The highest BCUT2D eigenvalue weighted by atomic mass is 35.5. The Hall–Kier alpha value is -9.86. The number of halogens is 1. The Labute approximate surface area is 508 Å². The molecule has 0 aliphatic carbocycles. The van der Waals surface area contributed by atoms with Crippen molar-refractivity contribution in [3.05, 3.63) is 102 Å². The third-order valence-corrected chi connectivity index (χ3v) is 14.1. The summed E-state index contributed by atoms with van der Waals surface area (Å²) in [5.41, 5.74) is -8.70. The number of carbonyl (C=O) groups is 8. The second kappa shape index (κ2) is 33.3. The van der Waals surface area contributed by atoms with E-state index in [-0.39, 0.29) is 29.7 Å². The van der Waals surface area contributed by atoms with Gasteiger partial charge >= 0.3 is 40.9 Å². The van der Waals surface area contributed by atoms with Gasteiger partial charge in [-0.3, -0.25) is 103 Å². The third kappa shape index (κ3) is 24.4. The van der Waals surface area contributed by atoms with E-state index in [0.717, 1.165) is 0 Å². The minimum Gasteiger partial charge on any atom is -0.480 e. The number of carbonyl (C=O) groups excluding carboxylic acids is 4. The number of nitro benzene ring substituents is 6. The molecule has 4 atom stereocenters. The summed E-state index contributed by atoms with van der Waals surface area (Å²) in [6, 6.07) is -4.19. The number of nitrogens with one attached hydrogen (secondary N) is 6. The summed E-state index contributed by atoms with van der Waals surface area (Å²) in [6.45, 7) is -1.48. The van der Waals surface area contributed by atoms with Crippen molar-refractivity contribution in [1.82, 2.24) is 21.3 Å². The maximum Gasteiger partial charge on any atom is 0.326 e. The Kier molecular flexibility index (Phi) is 28.9. The number of nitro groups is 6. The first-order chi connectivity index (χ1) is 40.8. The first-order valence-electron chi connectivity index (χ1n) is 22.6. The monoisotopic (exact) mass is 1390 g/mol. The first-order valence-corrected chi connectivity index (χ1v) is 28.5. The van der Waals surface area contributed by atoms with Gasteiger partial charge in [-0.15, -0.1) is 0 Å². The van der Waals surface area contributed by atoms with Gasteiger partial charge in [0.2, 0.25) is 23.6 Å². The number of carboxylic acid groups (broad SMARTS) is 4. The van der Waals surface area contributed by atoms with E-state index in [4.69, 9.17) is 30.9 Å². The summed E-state index contributed by atoms with van der Waals surface area (Å²) < 4.78 is 95.0. The van der Waals surface area contributed by atoms with Crippen molar-refractivity contribution in [2.45, 2.75) is 64.5 Å². The van der Waals surface area contributed by atoms with Gasteiger partial charge < -0.3 is 52.3 Å². The van der Waals surface area contributed by atoms with Crippen molar-refractivity contribution >= 4 is 160 Å². The smallest absolute Gasteiger partial charge is 0.326 e. The maximum atomic E-state index is 12.2. The third-order valence-electron chi connectivity index (χ3n) is 10.3. The molecule has 0 fully saturated rings. The zero-order valence-electron chi connectivity index (χ0n) is 43.4. The summed E-state index contributed by atoms with van der Waals surface area (Å²) >= 11 is 13.1. The number of non-ortho nitro benzene ring substituents is 2. The fourth-order valence-corrected chi connectivity index (χ4v) is 9.06. The van der Waals surface area contributed by atoms with Gasteiger partial charge in [0, 0.05) is 48.6 Å². The van der Waals surface area contributed by atoms with Gasteiger partial charge in [0.1, 0.15) is 62.7 Å². The van der Waals surface area contributed by atoms with Crippen molar-refractivity contribution < 1.29 is 127 Å². The molecule has 0 aromatic heterocycles. The summed E-state index contributed by atoms with van der Waals surface area (Å²) in [7, 11) is -15.3. The van der Waals surface area contributed by atoms with Crippen LogP contribution in [0.25, 0.3) is 0 Å². The number of benzene rings is 3. The van der Waals surface area contributed by atoms with E-state index >= 15 is 0 Å². The van der Waals surface area contributed by atoms with Crippen LogP contribution in [0.2, 0.25) is 5.02 Å². The van der Waals surface area contributed by atoms with E-state index < -0.39 is 236 Å². The van der Waals surface area contributed by atoms with Gasteiger partial charge in [0.15, 0.2) is 5.69 Å². The van der Waals surface area contributed by atoms with E-state index in [1.807, 2.05) is 21.3 Å². The van der Waals surface area contributed by atoms with E-state index in [1.54, 1.807) is 0 Å². The normalized spacial score (nSPS) is 12.3. The lowest BCUT2D eigenvalue weighted by Crippen LogP contribution is -2.49. The second-order valence-electron chi connectivity index (χ2n) is 16.4. The largest absolute Gasteiger partial charge is 0.480 e. The average molecular weight is 1390 g/mol. The lowest BCUT2D eigenvalue weighted by Gasteiger charge is -2.19. The number of rotatable bonds is 31. The second-order valence-corrected chi connectivity index (χ2v) is 21.7. The van der Waals surface area contributed by atoms with Crippen molar-refractivity contribution in [2.75, 3.05) is 35.2 Å². The molecule has 3 aromatic rings. The zero-order valence-corrected chi connectivity index (χ0v) is 48.3. The van der Waals surface area contributed by atoms with E-state index in [2.05, 4.69) is 35.9 Å². The fraction of sp³-hybridized carbons (Fsp3) is 0.316. The van der Waals surface area contributed by atoms with Gasteiger partial charge in [-0.1, -0.05) is 11.6 Å². The summed E-state index contributed by atoms with van der Waals surface area (Å²) in [6.07, 6.45) is -2.52. The summed E-state index contributed by atoms with van der Waals surface area (Å²) in [5.74, 6) is -10.2. The number of carboxylic acids is 4. The van der Waals surface area contributed by atoms with Crippen LogP contribution in [-0.4, -0.2) is 185 Å². The Morgan fingerprint density at radius 2 is 0.798 bits per heavy atom. The molecular formula is C38H41ClN12O33S5. The summed E-state index contributed by atoms with van der Waals surface area (Å²) in [5, 5.41) is 114. The molecule has 0 aliphatic rings. The molecule has 51 heteroatoms. The predicted molar refractivity (Wildman–Crippen MR) is 295 cm³/mol. The Bertz CT molecular complexity index is 3670. The van der Waals surface area contributed by atoms with Crippen LogP contribution >= 0.6 is 36.9 Å². The van der Waals surface area contributed by atoms with E-state index in [9.17, 15) is 139 Å². The molecule has 0 heterocycles. The van der Waals surface area contributed by atoms with Crippen molar-refractivity contribution in [3.8, 4) is 0 Å². The topological polar surface area (TPSA) is 712 Å². The molecule has 45 nitrogen and oxygen atoms in total. The number of aliphatic carboxylic acids is 4. The summed E-state index contributed by atoms with van der Waals surface area (Å²) in [4.78, 5) is 148. The molecule has 3 aromatic carbocycles. The van der Waals surface area contributed by atoms with Gasteiger partial charge in [-0.2, -0.15) is 50.5 Å². The highest BCUT2D eigenvalue weighted by Crippen LogP contribution is 2.39. The molecule has 0 bridgehead atoms. The molecule has 4 amide bonds. The van der Waals surface area contributed by atoms with Crippen molar-refractivity contribution in [1.29, 1.82) is 0 Å². The molecule has 0 radical (unpaired) electrons. The zero-order chi connectivity index (χ0) is 69.0. The van der Waals surface area contributed by atoms with Crippen LogP contribution in [0.1, 0.15) is 25.7 Å². The molecule has 488 valence electrons. The molecule has 0 saturated heterocycles. The maximum absolute atomic E-state index is 12.2. The van der Waals surface area contributed by atoms with Gasteiger partial charge in [-0.05, 0) is 12.8 Å². The highest BCUT2D eigenvalue weighted by Gasteiger charge is 2.36. The molecular weight excluding hydrogens is 1350 g/mol. The number of nitrogens with zero attached hydrogens (tertiary/aromatic N) is 6.